The van der Waals surface area contributed by atoms with E-state index in [1.54, 1.807) is 18.3 Å². The van der Waals surface area contributed by atoms with Crippen LogP contribution in [-0.4, -0.2) is 43.6 Å². The van der Waals surface area contributed by atoms with Gasteiger partial charge in [0.1, 0.15) is 5.82 Å². The second kappa shape index (κ2) is 6.92. The van der Waals surface area contributed by atoms with E-state index in [0.29, 0.717) is 24.7 Å². The summed E-state index contributed by atoms with van der Waals surface area (Å²) in [5.74, 6) is 0.738. The van der Waals surface area contributed by atoms with Crippen molar-refractivity contribution in [1.29, 1.82) is 0 Å². The first kappa shape index (κ1) is 15.2. The molecular weight excluding hydrogens is 274 g/mol. The first-order chi connectivity index (χ1) is 8.43. The van der Waals surface area contributed by atoms with Crippen LogP contribution in [0.4, 0.5) is 5.82 Å². The van der Waals surface area contributed by atoms with Gasteiger partial charge in [-0.1, -0.05) is 18.5 Å². The quantitative estimate of drug-likeness (QED) is 0.779. The van der Waals surface area contributed by atoms with E-state index in [0.717, 1.165) is 12.2 Å². The molecule has 0 aliphatic rings. The molecule has 1 N–H and O–H groups in total. The zero-order valence-corrected chi connectivity index (χ0v) is 12.1. The molecule has 0 saturated carbocycles. The third-order valence-corrected chi connectivity index (χ3v) is 4.04. The molecule has 0 bridgehead atoms. The molecule has 0 unspecified atom stereocenters. The summed E-state index contributed by atoms with van der Waals surface area (Å²) in [7, 11) is -3.09. The molecular formula is C11H18ClN3O2S. The molecule has 0 aliphatic heterocycles. The monoisotopic (exact) mass is 291 g/mol. The molecule has 102 valence electrons. The Morgan fingerprint density at radius 3 is 2.67 bits per heavy atom. The van der Waals surface area contributed by atoms with E-state index in [4.69, 9.17) is 11.6 Å². The third kappa shape index (κ3) is 5.20. The van der Waals surface area contributed by atoms with Gasteiger partial charge in [-0.2, -0.15) is 0 Å². The average molecular weight is 292 g/mol. The van der Waals surface area contributed by atoms with Gasteiger partial charge >= 0.3 is 0 Å². The lowest BCUT2D eigenvalue weighted by atomic mass is 10.4. The first-order valence-electron chi connectivity index (χ1n) is 5.74. The van der Waals surface area contributed by atoms with Crippen molar-refractivity contribution in [3.63, 3.8) is 0 Å². The summed E-state index contributed by atoms with van der Waals surface area (Å²) >= 11 is 5.72. The molecule has 0 amide bonds. The fourth-order valence-corrected chi connectivity index (χ4v) is 2.55. The van der Waals surface area contributed by atoms with Crippen molar-refractivity contribution in [1.82, 2.24) is 9.29 Å². The summed E-state index contributed by atoms with van der Waals surface area (Å²) < 4.78 is 24.1. The van der Waals surface area contributed by atoms with Crippen molar-refractivity contribution in [3.8, 4) is 0 Å². The van der Waals surface area contributed by atoms with Gasteiger partial charge in [-0.15, -0.1) is 0 Å². The summed E-state index contributed by atoms with van der Waals surface area (Å²) in [4.78, 5) is 4.09. The highest BCUT2D eigenvalue weighted by atomic mass is 35.5. The van der Waals surface area contributed by atoms with E-state index < -0.39 is 10.0 Å². The lowest BCUT2D eigenvalue weighted by Crippen LogP contribution is -2.31. The number of anilines is 1. The zero-order valence-electron chi connectivity index (χ0n) is 10.6. The molecule has 0 fully saturated rings. The zero-order chi connectivity index (χ0) is 13.6. The van der Waals surface area contributed by atoms with E-state index in [2.05, 4.69) is 10.3 Å². The first-order valence-corrected chi connectivity index (χ1v) is 7.96. The minimum absolute atomic E-state index is 0.498. The Bertz CT molecular complexity index is 462. The van der Waals surface area contributed by atoms with Gasteiger partial charge in [-0.3, -0.25) is 0 Å². The number of rotatable bonds is 7. The Balaban J connectivity index is 2.32. The van der Waals surface area contributed by atoms with Crippen molar-refractivity contribution in [2.45, 2.75) is 13.3 Å². The van der Waals surface area contributed by atoms with Gasteiger partial charge in [-0.25, -0.2) is 17.7 Å². The van der Waals surface area contributed by atoms with Crippen molar-refractivity contribution >= 4 is 27.4 Å². The van der Waals surface area contributed by atoms with Gasteiger partial charge in [-0.05, 0) is 18.6 Å². The number of hydrogen-bond donors (Lipinski definition) is 1. The number of hydrogen-bond acceptors (Lipinski definition) is 4. The Morgan fingerprint density at radius 2 is 2.17 bits per heavy atom. The van der Waals surface area contributed by atoms with E-state index in [9.17, 15) is 8.42 Å². The fraction of sp³-hybridized carbons (Fsp3) is 0.545. The topological polar surface area (TPSA) is 62.3 Å². The SMILES string of the molecule is CCN(CCCNc1ccc(Cl)cn1)S(C)(=O)=O. The average Bonchev–Trinajstić information content (AvgIpc) is 2.30. The molecule has 0 saturated heterocycles. The second-order valence-corrected chi connectivity index (χ2v) is 6.32. The maximum Gasteiger partial charge on any atom is 0.211 e. The lowest BCUT2D eigenvalue weighted by molar-refractivity contribution is 0.428. The maximum absolute atomic E-state index is 11.3. The summed E-state index contributed by atoms with van der Waals surface area (Å²) in [5.41, 5.74) is 0. The van der Waals surface area contributed by atoms with Crippen LogP contribution in [0.3, 0.4) is 0 Å². The van der Waals surface area contributed by atoms with Crippen molar-refractivity contribution in [2.24, 2.45) is 0 Å². The highest BCUT2D eigenvalue weighted by molar-refractivity contribution is 7.88. The Labute approximate surface area is 113 Å². The Kier molecular flexibility index (Phi) is 5.84. The minimum Gasteiger partial charge on any atom is -0.370 e. The standard InChI is InChI=1S/C11H18ClN3O2S/c1-3-15(18(2,16)17)8-4-7-13-11-6-5-10(12)9-14-11/h5-6,9H,3-4,7-8H2,1-2H3,(H,13,14). The molecule has 0 spiro atoms. The smallest absolute Gasteiger partial charge is 0.211 e. The van der Waals surface area contributed by atoms with E-state index >= 15 is 0 Å². The summed E-state index contributed by atoms with van der Waals surface area (Å²) in [6, 6.07) is 3.54. The molecule has 7 heteroatoms. The van der Waals surface area contributed by atoms with E-state index in [1.165, 1.54) is 10.6 Å². The van der Waals surface area contributed by atoms with Crippen LogP contribution in [0.15, 0.2) is 18.3 Å². The normalized spacial score (nSPS) is 11.8. The van der Waals surface area contributed by atoms with Crippen LogP contribution in [0, 0.1) is 0 Å². The summed E-state index contributed by atoms with van der Waals surface area (Å²) in [5, 5.41) is 3.70. The Hall–Kier alpha value is -0.850. The fourth-order valence-electron chi connectivity index (χ4n) is 1.51. The van der Waals surface area contributed by atoms with Gasteiger partial charge in [0.15, 0.2) is 0 Å². The van der Waals surface area contributed by atoms with Gasteiger partial charge in [0.2, 0.25) is 10.0 Å². The molecule has 0 aliphatic carbocycles. The predicted molar refractivity (Wildman–Crippen MR) is 74.4 cm³/mol. The van der Waals surface area contributed by atoms with E-state index in [1.807, 2.05) is 6.92 Å². The van der Waals surface area contributed by atoms with Crippen LogP contribution >= 0.6 is 11.6 Å². The lowest BCUT2D eigenvalue weighted by Gasteiger charge is -2.17. The van der Waals surface area contributed by atoms with Crippen LogP contribution in [0.1, 0.15) is 13.3 Å². The molecule has 5 nitrogen and oxygen atoms in total. The molecule has 1 aromatic rings. The summed E-state index contributed by atoms with van der Waals surface area (Å²) in [6.45, 7) is 3.50. The molecule has 18 heavy (non-hydrogen) atoms. The van der Waals surface area contributed by atoms with Crippen molar-refractivity contribution in [3.05, 3.63) is 23.4 Å². The molecule has 1 rings (SSSR count). The van der Waals surface area contributed by atoms with Crippen molar-refractivity contribution in [2.75, 3.05) is 31.2 Å². The molecule has 0 atom stereocenters. The molecule has 0 radical (unpaired) electrons. The highest BCUT2D eigenvalue weighted by Crippen LogP contribution is 2.09. The number of pyridine rings is 1. The number of halogens is 1. The molecule has 1 aromatic heterocycles. The summed E-state index contributed by atoms with van der Waals surface area (Å²) in [6.07, 6.45) is 3.52. The van der Waals surface area contributed by atoms with Gasteiger partial charge in [0, 0.05) is 25.8 Å². The molecule has 1 heterocycles. The largest absolute Gasteiger partial charge is 0.370 e. The van der Waals surface area contributed by atoms with Crippen LogP contribution < -0.4 is 5.32 Å². The minimum atomic E-state index is -3.09. The maximum atomic E-state index is 11.3. The molecule has 0 aromatic carbocycles. The number of nitrogens with zero attached hydrogens (tertiary/aromatic N) is 2. The van der Waals surface area contributed by atoms with Crippen LogP contribution in [-0.2, 0) is 10.0 Å². The predicted octanol–water partition coefficient (Wildman–Crippen LogP) is 1.82. The Morgan fingerprint density at radius 1 is 1.44 bits per heavy atom. The number of nitrogens with one attached hydrogen (secondary N) is 1. The third-order valence-electron chi connectivity index (χ3n) is 2.44. The van der Waals surface area contributed by atoms with Crippen LogP contribution in [0.25, 0.3) is 0 Å². The van der Waals surface area contributed by atoms with E-state index in [-0.39, 0.29) is 0 Å². The second-order valence-electron chi connectivity index (χ2n) is 3.90. The van der Waals surface area contributed by atoms with Gasteiger partial charge < -0.3 is 5.32 Å². The van der Waals surface area contributed by atoms with Gasteiger partial charge in [0.25, 0.3) is 0 Å². The van der Waals surface area contributed by atoms with Gasteiger partial charge in [0.05, 0.1) is 11.3 Å². The highest BCUT2D eigenvalue weighted by Gasteiger charge is 2.12. The number of sulfonamides is 1. The van der Waals surface area contributed by atoms with Crippen molar-refractivity contribution < 1.29 is 8.42 Å². The van der Waals surface area contributed by atoms with Crippen LogP contribution in [0.5, 0.6) is 0 Å². The number of aromatic nitrogens is 1. The van der Waals surface area contributed by atoms with Crippen LogP contribution in [0.2, 0.25) is 5.02 Å².